The van der Waals surface area contributed by atoms with Crippen molar-refractivity contribution in [3.05, 3.63) is 73.4 Å². The number of aromatic nitrogens is 4. The lowest BCUT2D eigenvalue weighted by atomic mass is 10.2. The number of rotatable bonds is 9. The third kappa shape index (κ3) is 5.29. The maximum Gasteiger partial charge on any atom is 0.332 e. The third-order valence-electron chi connectivity index (χ3n) is 5.24. The lowest BCUT2D eigenvalue weighted by Gasteiger charge is -2.12. The minimum Gasteiger partial charge on any atom is -0.425 e. The van der Waals surface area contributed by atoms with Gasteiger partial charge >= 0.3 is 11.7 Å². The zero-order chi connectivity index (χ0) is 24.1. The van der Waals surface area contributed by atoms with Crippen molar-refractivity contribution in [2.75, 3.05) is 6.61 Å². The van der Waals surface area contributed by atoms with Crippen molar-refractivity contribution in [1.29, 1.82) is 0 Å². The Balaban J connectivity index is 2.30. The molecule has 0 aliphatic rings. The van der Waals surface area contributed by atoms with E-state index >= 15 is 0 Å². The molecule has 2 heterocycles. The molecule has 9 heteroatoms. The van der Waals surface area contributed by atoms with E-state index in [1.54, 1.807) is 17.6 Å². The summed E-state index contributed by atoms with van der Waals surface area (Å²) in [4.78, 5) is 31.0. The van der Waals surface area contributed by atoms with Gasteiger partial charge in [0, 0.05) is 31.3 Å². The number of allylic oxidation sites excluding steroid dienone is 4. The molecule has 0 bridgehead atoms. The minimum atomic E-state index is -0.461. The van der Waals surface area contributed by atoms with E-state index in [9.17, 15) is 14.7 Å². The van der Waals surface area contributed by atoms with Crippen LogP contribution in [0.25, 0.3) is 11.2 Å². The van der Waals surface area contributed by atoms with Crippen LogP contribution in [0.15, 0.2) is 56.6 Å². The van der Waals surface area contributed by atoms with Crippen LogP contribution in [0.1, 0.15) is 32.8 Å². The van der Waals surface area contributed by atoms with Crippen molar-refractivity contribution in [1.82, 2.24) is 18.7 Å². The molecule has 176 valence electrons. The summed E-state index contributed by atoms with van der Waals surface area (Å²) < 4.78 is 10.4. The first-order valence-corrected chi connectivity index (χ1v) is 11.2. The number of benzene rings is 1. The van der Waals surface area contributed by atoms with Crippen LogP contribution in [-0.4, -0.2) is 30.4 Å². The molecule has 8 nitrogen and oxygen atoms in total. The summed E-state index contributed by atoms with van der Waals surface area (Å²) in [6, 6.07) is 7.74. The van der Waals surface area contributed by atoms with Gasteiger partial charge in [0.2, 0.25) is 0 Å². The second-order valence-corrected chi connectivity index (χ2v) is 8.44. The van der Waals surface area contributed by atoms with Gasteiger partial charge in [-0.15, -0.1) is 0 Å². The number of hydrogen-bond donors (Lipinski definition) is 1. The first-order valence-electron chi connectivity index (χ1n) is 10.9. The van der Waals surface area contributed by atoms with Crippen molar-refractivity contribution in [2.24, 2.45) is 0 Å². The smallest absolute Gasteiger partial charge is 0.332 e. The highest BCUT2D eigenvalue weighted by Gasteiger charge is 2.22. The Kier molecular flexibility index (Phi) is 7.94. The second-order valence-electron chi connectivity index (χ2n) is 7.85. The molecule has 0 amide bonds. The molecular formula is C24H29ClN4O4. The van der Waals surface area contributed by atoms with E-state index in [1.807, 2.05) is 51.1 Å². The van der Waals surface area contributed by atoms with E-state index in [2.05, 4.69) is 4.98 Å². The average Bonchev–Trinajstić information content (AvgIpc) is 3.11. The van der Waals surface area contributed by atoms with Gasteiger partial charge in [-0.2, -0.15) is 4.98 Å². The van der Waals surface area contributed by atoms with Gasteiger partial charge in [0.1, 0.15) is 5.75 Å². The summed E-state index contributed by atoms with van der Waals surface area (Å²) >= 11 is 5.97. The highest BCUT2D eigenvalue weighted by atomic mass is 35.5. The topological polar surface area (TPSA) is 91.3 Å². The van der Waals surface area contributed by atoms with Gasteiger partial charge in [0.05, 0.1) is 0 Å². The Labute approximate surface area is 197 Å². The summed E-state index contributed by atoms with van der Waals surface area (Å²) in [5, 5.41) is 9.87. The number of aryl methyl sites for hydroxylation is 2. The molecule has 3 aromatic rings. The van der Waals surface area contributed by atoms with E-state index in [1.165, 1.54) is 4.57 Å². The molecule has 33 heavy (non-hydrogen) atoms. The molecule has 0 saturated heterocycles. The predicted molar refractivity (Wildman–Crippen MR) is 130 cm³/mol. The largest absolute Gasteiger partial charge is 0.425 e. The number of para-hydroxylation sites is 1. The van der Waals surface area contributed by atoms with E-state index in [4.69, 9.17) is 16.3 Å². The number of imidazole rings is 1. The normalized spacial score (nSPS) is 12.5. The van der Waals surface area contributed by atoms with Gasteiger partial charge in [0.15, 0.2) is 11.2 Å². The van der Waals surface area contributed by atoms with Crippen LogP contribution in [0, 0.1) is 6.92 Å². The number of nitrogens with zero attached hydrogens (tertiary/aromatic N) is 4. The van der Waals surface area contributed by atoms with Crippen LogP contribution in [0.2, 0.25) is 0 Å². The second kappa shape index (κ2) is 10.7. The zero-order valence-electron chi connectivity index (χ0n) is 19.3. The molecule has 0 spiro atoms. The Morgan fingerprint density at radius 2 is 1.88 bits per heavy atom. The predicted octanol–water partition coefficient (Wildman–Crippen LogP) is 3.95. The van der Waals surface area contributed by atoms with E-state index < -0.39 is 11.2 Å². The number of aliphatic hydroxyl groups is 1. The van der Waals surface area contributed by atoms with Crippen molar-refractivity contribution in [2.45, 2.75) is 53.8 Å². The molecule has 0 atom stereocenters. The van der Waals surface area contributed by atoms with Crippen molar-refractivity contribution >= 4 is 22.8 Å². The number of aliphatic hydroxyl groups excluding tert-OH is 1. The van der Waals surface area contributed by atoms with Gasteiger partial charge in [0.25, 0.3) is 5.56 Å². The summed E-state index contributed by atoms with van der Waals surface area (Å²) in [6.45, 7) is 8.08. The highest BCUT2D eigenvalue weighted by molar-refractivity contribution is 6.29. The maximum atomic E-state index is 13.4. The Hall–Kier alpha value is -3.10. The van der Waals surface area contributed by atoms with Crippen LogP contribution in [0.3, 0.4) is 0 Å². The summed E-state index contributed by atoms with van der Waals surface area (Å²) in [5.74, 6) is 0.609. The van der Waals surface area contributed by atoms with Gasteiger partial charge in [-0.25, -0.2) is 4.79 Å². The van der Waals surface area contributed by atoms with Crippen LogP contribution < -0.4 is 16.0 Å². The fourth-order valence-corrected chi connectivity index (χ4v) is 3.60. The third-order valence-corrected chi connectivity index (χ3v) is 5.36. The molecule has 0 unspecified atom stereocenters. The van der Waals surface area contributed by atoms with Crippen molar-refractivity contribution in [3.8, 4) is 11.8 Å². The quantitative estimate of drug-likeness (QED) is 0.476. The average molecular weight is 473 g/mol. The standard InChI is InChI=1S/C24H29ClN4O4/c1-5-27-21-20(22(31)28(24(27)32)13-8-14-30)29(15-16(2)11-12-18(4)25)23(26-21)33-19-10-7-6-9-17(19)3/h6-7,9-12,30H,5,8,13-15H2,1-4H3/b16-11+,18-12+. The SMILES string of the molecule is CCn1c(=O)n(CCCO)c(=O)c2c1nc(Oc1ccccc1C)n2C/C(C)=C/C=C(\C)Cl. The van der Waals surface area contributed by atoms with Crippen molar-refractivity contribution < 1.29 is 9.84 Å². The van der Waals surface area contributed by atoms with E-state index in [0.717, 1.165) is 15.7 Å². The molecule has 0 aliphatic heterocycles. The number of ether oxygens (including phenoxy) is 1. The Morgan fingerprint density at radius 1 is 1.15 bits per heavy atom. The van der Waals surface area contributed by atoms with Crippen LogP contribution in [0.5, 0.6) is 11.8 Å². The van der Waals surface area contributed by atoms with Gasteiger partial charge in [-0.3, -0.25) is 18.5 Å². The summed E-state index contributed by atoms with van der Waals surface area (Å²) in [5.41, 5.74) is 1.46. The van der Waals surface area contributed by atoms with Gasteiger partial charge in [-0.05, 0) is 51.8 Å². The maximum absolute atomic E-state index is 13.4. The first-order chi connectivity index (χ1) is 15.8. The van der Waals surface area contributed by atoms with Gasteiger partial charge in [-0.1, -0.05) is 41.4 Å². The Morgan fingerprint density at radius 3 is 2.52 bits per heavy atom. The lowest BCUT2D eigenvalue weighted by Crippen LogP contribution is -2.40. The molecule has 0 saturated carbocycles. The number of halogens is 1. The van der Waals surface area contributed by atoms with E-state index in [-0.39, 0.29) is 30.3 Å². The molecule has 0 fully saturated rings. The molecule has 1 aromatic carbocycles. The van der Waals surface area contributed by atoms with E-state index in [0.29, 0.717) is 30.3 Å². The van der Waals surface area contributed by atoms with Crippen LogP contribution in [-0.2, 0) is 19.6 Å². The monoisotopic (exact) mass is 472 g/mol. The summed E-state index contributed by atoms with van der Waals surface area (Å²) in [7, 11) is 0. The van der Waals surface area contributed by atoms with Gasteiger partial charge < -0.3 is 9.84 Å². The molecular weight excluding hydrogens is 444 g/mol. The highest BCUT2D eigenvalue weighted by Crippen LogP contribution is 2.27. The summed E-state index contributed by atoms with van der Waals surface area (Å²) in [6.07, 6.45) is 3.94. The molecule has 1 N–H and O–H groups in total. The molecule has 0 radical (unpaired) electrons. The fraction of sp³-hybridized carbons (Fsp3) is 0.375. The minimum absolute atomic E-state index is 0.117. The van der Waals surface area contributed by atoms with Crippen LogP contribution in [0.4, 0.5) is 0 Å². The first kappa shape index (κ1) is 24.5. The Bertz CT molecular complexity index is 1330. The van der Waals surface area contributed by atoms with Crippen LogP contribution >= 0.6 is 11.6 Å². The number of fused-ring (bicyclic) bond motifs is 1. The zero-order valence-corrected chi connectivity index (χ0v) is 20.1. The number of hydrogen-bond acceptors (Lipinski definition) is 5. The fourth-order valence-electron chi connectivity index (χ4n) is 3.53. The van der Waals surface area contributed by atoms with Crippen molar-refractivity contribution in [3.63, 3.8) is 0 Å². The molecule has 2 aromatic heterocycles. The molecule has 3 rings (SSSR count). The molecule has 0 aliphatic carbocycles. The lowest BCUT2D eigenvalue weighted by molar-refractivity contribution is 0.277.